The molecule has 4 nitrogen and oxygen atoms in total. The number of likely N-dealkylation sites (N-methyl/N-ethyl adjacent to an activating group) is 1. The fraction of sp³-hybridized carbons (Fsp3) is 0.350. The Kier molecular flexibility index (Phi) is 11.2. The molecule has 0 aliphatic rings. The van der Waals surface area contributed by atoms with Crippen LogP contribution in [0.4, 0.5) is 0 Å². The fourth-order valence-electron chi connectivity index (χ4n) is 2.76. The van der Waals surface area contributed by atoms with Crippen molar-refractivity contribution < 1.29 is 4.79 Å². The van der Waals surface area contributed by atoms with Crippen molar-refractivity contribution in [2.24, 2.45) is 11.7 Å². The molecule has 0 aliphatic carbocycles. The Morgan fingerprint density at radius 3 is 1.88 bits per heavy atom. The number of amides is 1. The lowest BCUT2D eigenvalue weighted by atomic mass is 9.94. The minimum absolute atomic E-state index is 0. The van der Waals surface area contributed by atoms with Crippen molar-refractivity contribution in [1.82, 2.24) is 10.2 Å². The van der Waals surface area contributed by atoms with Gasteiger partial charge in [-0.15, -0.1) is 24.8 Å². The van der Waals surface area contributed by atoms with Crippen LogP contribution in [0.3, 0.4) is 0 Å². The Morgan fingerprint density at radius 1 is 0.962 bits per heavy atom. The van der Waals surface area contributed by atoms with Crippen molar-refractivity contribution in [3.05, 3.63) is 71.8 Å². The molecule has 0 radical (unpaired) electrons. The quantitative estimate of drug-likeness (QED) is 0.750. The Hall–Kier alpha value is -1.59. The average Bonchev–Trinajstić information content (AvgIpc) is 2.61. The first-order valence-corrected chi connectivity index (χ1v) is 8.30. The van der Waals surface area contributed by atoms with Gasteiger partial charge < -0.3 is 16.0 Å². The number of benzene rings is 2. The maximum atomic E-state index is 12.5. The number of carbonyl (C=O) groups excluding carboxylic acids is 1. The standard InChI is InChI=1S/C20H27N3O.2ClH/c1-15(19(21)17-12-8-5-9-13-17)20(24)22-14-18(23(2)3)16-10-6-4-7-11-16;;/h4-13,15,18-19H,14,21H2,1-3H3,(H,22,24);2*1H. The van der Waals surface area contributed by atoms with Gasteiger partial charge in [-0.2, -0.15) is 0 Å². The van der Waals surface area contributed by atoms with Gasteiger partial charge in [0.15, 0.2) is 0 Å². The molecular formula is C20H29Cl2N3O. The van der Waals surface area contributed by atoms with E-state index in [-0.39, 0.29) is 48.7 Å². The van der Waals surface area contributed by atoms with Gasteiger partial charge in [0.25, 0.3) is 0 Å². The highest BCUT2D eigenvalue weighted by molar-refractivity contribution is 5.85. The Bertz CT molecular complexity index is 638. The number of nitrogens with two attached hydrogens (primary N) is 1. The molecule has 1 amide bonds. The molecule has 26 heavy (non-hydrogen) atoms. The number of nitrogens with zero attached hydrogens (tertiary/aromatic N) is 1. The zero-order chi connectivity index (χ0) is 17.5. The molecule has 0 saturated carbocycles. The van der Waals surface area contributed by atoms with Crippen LogP contribution in [0.2, 0.25) is 0 Å². The molecule has 0 aromatic heterocycles. The minimum Gasteiger partial charge on any atom is -0.354 e. The summed E-state index contributed by atoms with van der Waals surface area (Å²) in [4.78, 5) is 14.6. The summed E-state index contributed by atoms with van der Waals surface area (Å²) in [5.74, 6) is -0.305. The predicted molar refractivity (Wildman–Crippen MR) is 113 cm³/mol. The van der Waals surface area contributed by atoms with Crippen molar-refractivity contribution in [3.8, 4) is 0 Å². The molecule has 144 valence electrons. The van der Waals surface area contributed by atoms with Gasteiger partial charge in [-0.25, -0.2) is 0 Å². The molecule has 0 fully saturated rings. The van der Waals surface area contributed by atoms with E-state index in [2.05, 4.69) is 22.3 Å². The number of hydrogen-bond donors (Lipinski definition) is 2. The van der Waals surface area contributed by atoms with Gasteiger partial charge in [-0.1, -0.05) is 67.6 Å². The predicted octanol–water partition coefficient (Wildman–Crippen LogP) is 3.59. The topological polar surface area (TPSA) is 58.4 Å². The largest absolute Gasteiger partial charge is 0.354 e. The molecule has 0 bridgehead atoms. The van der Waals surface area contributed by atoms with Gasteiger partial charge in [0, 0.05) is 12.6 Å². The highest BCUT2D eigenvalue weighted by Gasteiger charge is 2.23. The van der Waals surface area contributed by atoms with Gasteiger partial charge in [0.1, 0.15) is 0 Å². The zero-order valence-corrected chi connectivity index (χ0v) is 17.1. The van der Waals surface area contributed by atoms with E-state index in [1.807, 2.05) is 69.6 Å². The van der Waals surface area contributed by atoms with E-state index in [4.69, 9.17) is 5.73 Å². The van der Waals surface area contributed by atoms with Gasteiger partial charge in [0.05, 0.1) is 12.0 Å². The molecule has 2 rings (SSSR count). The van der Waals surface area contributed by atoms with Gasteiger partial charge >= 0.3 is 0 Å². The van der Waals surface area contributed by atoms with E-state index < -0.39 is 0 Å². The van der Waals surface area contributed by atoms with Crippen LogP contribution in [0.25, 0.3) is 0 Å². The van der Waals surface area contributed by atoms with E-state index in [9.17, 15) is 4.79 Å². The fourth-order valence-corrected chi connectivity index (χ4v) is 2.76. The third-order valence-electron chi connectivity index (χ3n) is 4.41. The summed E-state index contributed by atoms with van der Waals surface area (Å²) in [5.41, 5.74) is 8.41. The van der Waals surface area contributed by atoms with Gasteiger partial charge in [0.2, 0.25) is 5.91 Å². The summed E-state index contributed by atoms with van der Waals surface area (Å²) in [7, 11) is 4.03. The monoisotopic (exact) mass is 397 g/mol. The van der Waals surface area contributed by atoms with E-state index in [0.29, 0.717) is 6.54 Å². The van der Waals surface area contributed by atoms with Crippen LogP contribution in [0.15, 0.2) is 60.7 Å². The Balaban J connectivity index is 0.00000312. The van der Waals surface area contributed by atoms with Crippen LogP contribution < -0.4 is 11.1 Å². The average molecular weight is 398 g/mol. The van der Waals surface area contributed by atoms with Crippen molar-refractivity contribution >= 4 is 30.7 Å². The molecule has 0 aliphatic heterocycles. The van der Waals surface area contributed by atoms with Crippen LogP contribution in [0.1, 0.15) is 30.1 Å². The summed E-state index contributed by atoms with van der Waals surface area (Å²) in [5, 5.41) is 3.05. The summed E-state index contributed by atoms with van der Waals surface area (Å²) < 4.78 is 0. The lowest BCUT2D eigenvalue weighted by molar-refractivity contribution is -0.125. The number of carbonyl (C=O) groups is 1. The third-order valence-corrected chi connectivity index (χ3v) is 4.41. The molecule has 0 spiro atoms. The molecule has 0 heterocycles. The SMILES string of the molecule is CC(C(=O)NCC(c1ccccc1)N(C)C)C(N)c1ccccc1.Cl.Cl. The maximum absolute atomic E-state index is 12.5. The van der Waals surface area contributed by atoms with Crippen LogP contribution in [-0.2, 0) is 4.79 Å². The number of nitrogens with one attached hydrogen (secondary N) is 1. The third kappa shape index (κ3) is 6.61. The highest BCUT2D eigenvalue weighted by Crippen LogP contribution is 2.20. The second-order valence-corrected chi connectivity index (χ2v) is 6.36. The maximum Gasteiger partial charge on any atom is 0.224 e. The number of hydrogen-bond acceptors (Lipinski definition) is 3. The van der Waals surface area contributed by atoms with Crippen molar-refractivity contribution in [1.29, 1.82) is 0 Å². The zero-order valence-electron chi connectivity index (χ0n) is 15.5. The van der Waals surface area contributed by atoms with Crippen LogP contribution in [0, 0.1) is 5.92 Å². The second kappa shape index (κ2) is 11.9. The molecular weight excluding hydrogens is 369 g/mol. The lowest BCUT2D eigenvalue weighted by Gasteiger charge is -2.27. The van der Waals surface area contributed by atoms with Crippen LogP contribution in [-0.4, -0.2) is 31.4 Å². The smallest absolute Gasteiger partial charge is 0.224 e. The summed E-state index contributed by atoms with van der Waals surface area (Å²) in [6.45, 7) is 2.43. The van der Waals surface area contributed by atoms with E-state index in [1.54, 1.807) is 0 Å². The summed E-state index contributed by atoms with van der Waals surface area (Å²) >= 11 is 0. The molecule has 6 heteroatoms. The van der Waals surface area contributed by atoms with E-state index >= 15 is 0 Å². The van der Waals surface area contributed by atoms with Gasteiger partial charge in [-0.05, 0) is 25.2 Å². The molecule has 3 atom stereocenters. The van der Waals surface area contributed by atoms with Crippen molar-refractivity contribution in [3.63, 3.8) is 0 Å². The highest BCUT2D eigenvalue weighted by atomic mass is 35.5. The summed E-state index contributed by atoms with van der Waals surface area (Å²) in [6.07, 6.45) is 0. The molecule has 2 aromatic carbocycles. The van der Waals surface area contributed by atoms with E-state index in [0.717, 1.165) is 5.56 Å². The summed E-state index contributed by atoms with van der Waals surface area (Å²) in [6, 6.07) is 19.8. The minimum atomic E-state index is -0.305. The van der Waals surface area contributed by atoms with Crippen LogP contribution >= 0.6 is 24.8 Å². The first-order valence-electron chi connectivity index (χ1n) is 8.30. The Labute approximate surface area is 169 Å². The molecule has 3 unspecified atom stereocenters. The lowest BCUT2D eigenvalue weighted by Crippen LogP contribution is -2.40. The van der Waals surface area contributed by atoms with E-state index in [1.165, 1.54) is 5.56 Å². The van der Waals surface area contributed by atoms with Crippen molar-refractivity contribution in [2.75, 3.05) is 20.6 Å². The first kappa shape index (κ1) is 24.4. The number of halogens is 2. The first-order chi connectivity index (χ1) is 11.5. The Morgan fingerprint density at radius 2 is 1.42 bits per heavy atom. The second-order valence-electron chi connectivity index (χ2n) is 6.36. The molecule has 0 saturated heterocycles. The normalized spacial score (nSPS) is 13.7. The molecule has 3 N–H and O–H groups in total. The van der Waals surface area contributed by atoms with Crippen LogP contribution in [0.5, 0.6) is 0 Å². The molecule has 2 aromatic rings. The van der Waals surface area contributed by atoms with Gasteiger partial charge in [-0.3, -0.25) is 4.79 Å². The number of rotatable bonds is 7. The van der Waals surface area contributed by atoms with Crippen molar-refractivity contribution in [2.45, 2.75) is 19.0 Å².